The van der Waals surface area contributed by atoms with Crippen molar-refractivity contribution in [2.45, 2.75) is 20.1 Å². The number of hydrogen-bond acceptors (Lipinski definition) is 1. The Balaban J connectivity index is 2.64. The van der Waals surface area contributed by atoms with Crippen molar-refractivity contribution in [2.24, 2.45) is 0 Å². The van der Waals surface area contributed by atoms with Gasteiger partial charge in [-0.25, -0.2) is 0 Å². The molecule has 0 atom stereocenters. The Morgan fingerprint density at radius 1 is 1.40 bits per heavy atom. The van der Waals surface area contributed by atoms with Crippen LogP contribution in [0.2, 0.25) is 0 Å². The first-order chi connectivity index (χ1) is 7.26. The van der Waals surface area contributed by atoms with Crippen molar-refractivity contribution >= 4 is 26.8 Å². The van der Waals surface area contributed by atoms with Gasteiger partial charge in [0, 0.05) is 40.8 Å². The molecule has 0 saturated heterocycles. The number of rotatable bonds is 3. The first-order valence-corrected chi connectivity index (χ1v) is 5.81. The topological polar surface area (TPSA) is 14.2 Å². The molecule has 1 aromatic heterocycles. The highest BCUT2D eigenvalue weighted by molar-refractivity contribution is 9.10. The van der Waals surface area contributed by atoms with E-state index in [2.05, 4.69) is 51.8 Å². The zero-order valence-electron chi connectivity index (χ0n) is 8.96. The minimum absolute atomic E-state index is 0.672. The van der Waals surface area contributed by atoms with Crippen molar-refractivity contribution in [3.05, 3.63) is 34.4 Å². The largest absolute Gasteiger partial charge is 0.380 e. The SMILES string of the molecule is CCn1cc(COC)c2ccc(Br)cc21. The molecule has 2 rings (SSSR count). The van der Waals surface area contributed by atoms with Gasteiger partial charge in [0.05, 0.1) is 6.61 Å². The molecule has 0 aliphatic carbocycles. The third kappa shape index (κ3) is 1.94. The van der Waals surface area contributed by atoms with Gasteiger partial charge < -0.3 is 9.30 Å². The number of fused-ring (bicyclic) bond motifs is 1. The van der Waals surface area contributed by atoms with E-state index in [4.69, 9.17) is 4.74 Å². The zero-order valence-corrected chi connectivity index (χ0v) is 10.5. The van der Waals surface area contributed by atoms with Crippen LogP contribution in [0, 0.1) is 0 Å². The highest BCUT2D eigenvalue weighted by Gasteiger charge is 2.07. The van der Waals surface area contributed by atoms with E-state index in [9.17, 15) is 0 Å². The van der Waals surface area contributed by atoms with Crippen LogP contribution in [0.25, 0.3) is 10.9 Å². The fraction of sp³-hybridized carbons (Fsp3) is 0.333. The second-order valence-corrected chi connectivity index (χ2v) is 4.45. The van der Waals surface area contributed by atoms with Crippen LogP contribution in [0.5, 0.6) is 0 Å². The number of benzene rings is 1. The van der Waals surface area contributed by atoms with Crippen LogP contribution >= 0.6 is 15.9 Å². The van der Waals surface area contributed by atoms with E-state index in [0.717, 1.165) is 11.0 Å². The quantitative estimate of drug-likeness (QED) is 0.830. The van der Waals surface area contributed by atoms with Crippen molar-refractivity contribution in [1.29, 1.82) is 0 Å². The van der Waals surface area contributed by atoms with Gasteiger partial charge in [0.25, 0.3) is 0 Å². The first kappa shape index (κ1) is 10.7. The first-order valence-electron chi connectivity index (χ1n) is 5.02. The minimum Gasteiger partial charge on any atom is -0.380 e. The lowest BCUT2D eigenvalue weighted by Gasteiger charge is -2.00. The predicted octanol–water partition coefficient (Wildman–Crippen LogP) is 3.57. The summed E-state index contributed by atoms with van der Waals surface area (Å²) in [5.41, 5.74) is 2.51. The zero-order chi connectivity index (χ0) is 10.8. The molecule has 0 fully saturated rings. The molecule has 1 aromatic carbocycles. The Morgan fingerprint density at radius 2 is 2.20 bits per heavy atom. The second kappa shape index (κ2) is 4.37. The molecule has 0 aliphatic rings. The van der Waals surface area contributed by atoms with Crippen LogP contribution in [-0.4, -0.2) is 11.7 Å². The summed E-state index contributed by atoms with van der Waals surface area (Å²) < 4.78 is 8.56. The van der Waals surface area contributed by atoms with E-state index in [0.29, 0.717) is 6.61 Å². The van der Waals surface area contributed by atoms with Crippen LogP contribution in [0.1, 0.15) is 12.5 Å². The van der Waals surface area contributed by atoms with Crippen molar-refractivity contribution in [1.82, 2.24) is 4.57 Å². The molecule has 0 aliphatic heterocycles. The Labute approximate surface area is 98.0 Å². The summed E-state index contributed by atoms with van der Waals surface area (Å²) in [7, 11) is 1.73. The van der Waals surface area contributed by atoms with Crippen LogP contribution in [0.15, 0.2) is 28.9 Å². The van der Waals surface area contributed by atoms with E-state index in [-0.39, 0.29) is 0 Å². The van der Waals surface area contributed by atoms with E-state index in [1.807, 2.05) is 0 Å². The normalized spacial score (nSPS) is 11.1. The average Bonchev–Trinajstić information content (AvgIpc) is 2.56. The lowest BCUT2D eigenvalue weighted by atomic mass is 10.2. The maximum atomic E-state index is 5.20. The van der Waals surface area contributed by atoms with Gasteiger partial charge in [-0.05, 0) is 19.1 Å². The van der Waals surface area contributed by atoms with Crippen LogP contribution in [-0.2, 0) is 17.9 Å². The summed E-state index contributed by atoms with van der Waals surface area (Å²) in [6, 6.07) is 6.36. The minimum atomic E-state index is 0.672. The van der Waals surface area contributed by atoms with E-state index >= 15 is 0 Å². The fourth-order valence-electron chi connectivity index (χ4n) is 1.87. The number of hydrogen-bond donors (Lipinski definition) is 0. The molecule has 0 amide bonds. The number of aromatic nitrogens is 1. The molecule has 15 heavy (non-hydrogen) atoms. The summed E-state index contributed by atoms with van der Waals surface area (Å²) in [4.78, 5) is 0. The number of aryl methyl sites for hydroxylation is 1. The molecular formula is C12H14BrNO. The smallest absolute Gasteiger partial charge is 0.0733 e. The Hall–Kier alpha value is -0.800. The van der Waals surface area contributed by atoms with Gasteiger partial charge in [0.15, 0.2) is 0 Å². The average molecular weight is 268 g/mol. The monoisotopic (exact) mass is 267 g/mol. The Morgan fingerprint density at radius 3 is 2.87 bits per heavy atom. The van der Waals surface area contributed by atoms with Gasteiger partial charge in [-0.15, -0.1) is 0 Å². The summed E-state index contributed by atoms with van der Waals surface area (Å²) in [6.07, 6.45) is 2.17. The molecule has 1 heterocycles. The maximum absolute atomic E-state index is 5.20. The number of ether oxygens (including phenoxy) is 1. The number of methoxy groups -OCH3 is 1. The third-order valence-corrected chi connectivity index (χ3v) is 3.06. The van der Waals surface area contributed by atoms with E-state index in [1.165, 1.54) is 16.5 Å². The van der Waals surface area contributed by atoms with Gasteiger partial charge in [-0.3, -0.25) is 0 Å². The number of nitrogens with zero attached hydrogens (tertiary/aromatic N) is 1. The van der Waals surface area contributed by atoms with Crippen molar-refractivity contribution < 1.29 is 4.74 Å². The van der Waals surface area contributed by atoms with Gasteiger partial charge in [0.1, 0.15) is 0 Å². The fourth-order valence-corrected chi connectivity index (χ4v) is 2.22. The highest BCUT2D eigenvalue weighted by Crippen LogP contribution is 2.25. The van der Waals surface area contributed by atoms with Crippen LogP contribution < -0.4 is 0 Å². The van der Waals surface area contributed by atoms with Crippen LogP contribution in [0.3, 0.4) is 0 Å². The van der Waals surface area contributed by atoms with Crippen molar-refractivity contribution in [2.75, 3.05) is 7.11 Å². The van der Waals surface area contributed by atoms with E-state index in [1.54, 1.807) is 7.11 Å². The molecule has 0 unspecified atom stereocenters. The molecular weight excluding hydrogens is 254 g/mol. The second-order valence-electron chi connectivity index (χ2n) is 3.53. The highest BCUT2D eigenvalue weighted by atomic mass is 79.9. The summed E-state index contributed by atoms with van der Waals surface area (Å²) >= 11 is 3.50. The molecule has 2 nitrogen and oxygen atoms in total. The molecule has 0 spiro atoms. The van der Waals surface area contributed by atoms with Crippen molar-refractivity contribution in [3.8, 4) is 0 Å². The molecule has 0 N–H and O–H groups in total. The molecule has 0 radical (unpaired) electrons. The third-order valence-electron chi connectivity index (χ3n) is 2.57. The Bertz CT molecular complexity index is 476. The molecule has 0 bridgehead atoms. The van der Waals surface area contributed by atoms with Gasteiger partial charge >= 0.3 is 0 Å². The van der Waals surface area contributed by atoms with Gasteiger partial charge in [-0.1, -0.05) is 22.0 Å². The summed E-state index contributed by atoms with van der Waals surface area (Å²) in [5, 5.41) is 1.28. The van der Waals surface area contributed by atoms with E-state index < -0.39 is 0 Å². The van der Waals surface area contributed by atoms with Crippen molar-refractivity contribution in [3.63, 3.8) is 0 Å². The summed E-state index contributed by atoms with van der Waals surface area (Å²) in [5.74, 6) is 0. The predicted molar refractivity (Wildman–Crippen MR) is 66.0 cm³/mol. The molecule has 80 valence electrons. The molecule has 0 saturated carbocycles. The molecule has 3 heteroatoms. The maximum Gasteiger partial charge on any atom is 0.0733 e. The lowest BCUT2D eigenvalue weighted by Crippen LogP contribution is -1.90. The Kier molecular flexibility index (Phi) is 3.12. The standard InChI is InChI=1S/C12H14BrNO/c1-3-14-7-9(8-15-2)11-5-4-10(13)6-12(11)14/h4-7H,3,8H2,1-2H3. The van der Waals surface area contributed by atoms with Crippen LogP contribution in [0.4, 0.5) is 0 Å². The van der Waals surface area contributed by atoms with Gasteiger partial charge in [-0.2, -0.15) is 0 Å². The summed E-state index contributed by atoms with van der Waals surface area (Å²) in [6.45, 7) is 3.80. The lowest BCUT2D eigenvalue weighted by molar-refractivity contribution is 0.186. The van der Waals surface area contributed by atoms with Gasteiger partial charge in [0.2, 0.25) is 0 Å². The number of halogens is 1. The molecule has 2 aromatic rings.